The molecule has 0 unspecified atom stereocenters. The summed E-state index contributed by atoms with van der Waals surface area (Å²) in [6.07, 6.45) is 21.2. The number of hydrogen-bond donors (Lipinski definition) is 1. The molecule has 0 aromatic heterocycles. The molecular weight excluding hydrogens is 310 g/mol. The number of carboxylic acid groups (broad SMARTS) is 1. The Hall–Kier alpha value is 1.85. The van der Waals surface area contributed by atoms with Crippen molar-refractivity contribution in [3.8, 4) is 0 Å². The van der Waals surface area contributed by atoms with E-state index >= 15 is 0 Å². The molecule has 0 spiro atoms. The second-order valence-electron chi connectivity index (χ2n) is 5.73. The fourth-order valence-electron chi connectivity index (χ4n) is 2.35. The molecule has 0 radical (unpaired) electrons. The van der Waals surface area contributed by atoms with Gasteiger partial charge in [-0.15, -0.1) is 0 Å². The molecule has 0 bridgehead atoms. The van der Waals surface area contributed by atoms with Crippen LogP contribution in [-0.2, 0) is 4.79 Å². The first-order chi connectivity index (χ1) is 9.77. The Morgan fingerprint density at radius 3 is 1.64 bits per heavy atom. The number of hydrogen-bond acceptors (Lipinski definition) is 1. The van der Waals surface area contributed by atoms with Gasteiger partial charge in [0.15, 0.2) is 0 Å². The van der Waals surface area contributed by atoms with Crippen LogP contribution in [0.5, 0.6) is 0 Å². The Bertz CT molecular complexity index is 245. The molecule has 0 heterocycles. The predicted octanol–water partition coefficient (Wildman–Crippen LogP) is 4.81. The number of unbranched alkanes of at least 4 members (excludes halogenated alkanes) is 11. The summed E-state index contributed by atoms with van der Waals surface area (Å²) in [5.41, 5.74) is 0. The van der Waals surface area contributed by atoms with Crippen LogP contribution >= 0.6 is 0 Å². The molecule has 0 aliphatic heterocycles. The Balaban J connectivity index is -0.00000180. The van der Waals surface area contributed by atoms with Gasteiger partial charge in [-0.2, -0.15) is 0 Å². The Labute approximate surface area is 203 Å². The maximum atomic E-state index is 10.3. The Morgan fingerprint density at radius 1 is 0.773 bits per heavy atom. The van der Waals surface area contributed by atoms with E-state index in [1.807, 2.05) is 0 Å². The van der Waals surface area contributed by atoms with E-state index < -0.39 is 5.97 Å². The monoisotopic (exact) mass is 346 g/mol. The van der Waals surface area contributed by atoms with Gasteiger partial charge >= 0.3 is 86.9 Å². The van der Waals surface area contributed by atoms with Crippen LogP contribution in [0, 0.1) is 0 Å². The van der Waals surface area contributed by atoms with Gasteiger partial charge in [0.05, 0.1) is 0 Å². The van der Waals surface area contributed by atoms with Crippen molar-refractivity contribution in [3.05, 3.63) is 12.2 Å². The number of carbonyl (C=O) groups is 1. The first-order valence-corrected chi connectivity index (χ1v) is 8.64. The zero-order valence-electron chi connectivity index (χ0n) is 13.4. The van der Waals surface area contributed by atoms with Crippen LogP contribution in [0.3, 0.4) is 0 Å². The third-order valence-electron chi connectivity index (χ3n) is 3.65. The van der Waals surface area contributed by atoms with Crippen LogP contribution in [-0.4, -0.2) is 92.0 Å². The van der Waals surface area contributed by atoms with Crippen molar-refractivity contribution in [1.82, 2.24) is 0 Å². The van der Waals surface area contributed by atoms with Crippen LogP contribution in [0.1, 0.15) is 96.8 Å². The molecule has 1 N–H and O–H groups in total. The molecule has 22 heavy (non-hydrogen) atoms. The second kappa shape index (κ2) is 25.1. The van der Waals surface area contributed by atoms with Gasteiger partial charge in [0, 0.05) is 6.42 Å². The summed E-state index contributed by atoms with van der Waals surface area (Å²) in [4.78, 5) is 10.3. The first-order valence-electron chi connectivity index (χ1n) is 8.64. The second-order valence-corrected chi connectivity index (χ2v) is 5.73. The molecule has 0 fully saturated rings. The summed E-state index contributed by atoms with van der Waals surface area (Å²) in [6.45, 7) is 2.26. The molecular formula is C18H36KNaO2. The van der Waals surface area contributed by atoms with Crippen LogP contribution < -0.4 is 0 Å². The molecule has 0 amide bonds. The van der Waals surface area contributed by atoms with Gasteiger partial charge < -0.3 is 5.11 Å². The van der Waals surface area contributed by atoms with Gasteiger partial charge in [-0.05, 0) is 32.1 Å². The van der Waals surface area contributed by atoms with Crippen molar-refractivity contribution >= 4 is 86.9 Å². The van der Waals surface area contributed by atoms with E-state index in [0.717, 1.165) is 12.8 Å². The fraction of sp³-hybridized carbons (Fsp3) is 0.833. The summed E-state index contributed by atoms with van der Waals surface area (Å²) in [7, 11) is 0. The Kier molecular flexibility index (Phi) is 32.7. The van der Waals surface area contributed by atoms with Gasteiger partial charge in [-0.1, -0.05) is 70.4 Å². The molecule has 0 saturated heterocycles. The van der Waals surface area contributed by atoms with Crippen LogP contribution in [0.4, 0.5) is 0 Å². The normalized spacial score (nSPS) is 10.2. The molecule has 0 atom stereocenters. The summed E-state index contributed by atoms with van der Waals surface area (Å²) >= 11 is 0. The average molecular weight is 347 g/mol. The summed E-state index contributed by atoms with van der Waals surface area (Å²) in [5.74, 6) is -0.664. The molecule has 4 heteroatoms. The first kappa shape index (κ1) is 28.6. The van der Waals surface area contributed by atoms with E-state index in [2.05, 4.69) is 19.1 Å². The van der Waals surface area contributed by atoms with E-state index in [-0.39, 0.29) is 80.9 Å². The summed E-state index contributed by atoms with van der Waals surface area (Å²) < 4.78 is 0. The zero-order valence-corrected chi connectivity index (χ0v) is 13.4. The van der Waals surface area contributed by atoms with E-state index in [9.17, 15) is 4.79 Å². The third-order valence-corrected chi connectivity index (χ3v) is 3.65. The van der Waals surface area contributed by atoms with Gasteiger partial charge in [0.2, 0.25) is 0 Å². The van der Waals surface area contributed by atoms with Crippen molar-refractivity contribution in [2.75, 3.05) is 0 Å². The van der Waals surface area contributed by atoms with Crippen LogP contribution in [0.2, 0.25) is 0 Å². The quantitative estimate of drug-likeness (QED) is 0.262. The fourth-order valence-corrected chi connectivity index (χ4v) is 2.35. The van der Waals surface area contributed by atoms with Gasteiger partial charge in [-0.25, -0.2) is 0 Å². The standard InChI is InChI=1S/C18H34O2.K.Na.2H/c1-2-3-4-5-6-7-8-9-10-11-12-13-14-15-16-17-18(19)20;;;;/h9-10H,2-8,11-17H2,1H3,(H,19,20);;;;. The molecule has 0 aliphatic carbocycles. The van der Waals surface area contributed by atoms with Crippen molar-refractivity contribution in [2.24, 2.45) is 0 Å². The molecule has 0 saturated carbocycles. The summed E-state index contributed by atoms with van der Waals surface area (Å²) in [6, 6.07) is 0. The maximum absolute atomic E-state index is 10.3. The average Bonchev–Trinajstić information content (AvgIpc) is 2.43. The summed E-state index contributed by atoms with van der Waals surface area (Å²) in [5, 5.41) is 8.51. The number of carboxylic acids is 1. The van der Waals surface area contributed by atoms with Crippen molar-refractivity contribution in [2.45, 2.75) is 96.8 Å². The molecule has 122 valence electrons. The molecule has 0 aromatic rings. The minimum atomic E-state index is -0.664. The van der Waals surface area contributed by atoms with E-state index in [0.29, 0.717) is 6.42 Å². The number of aliphatic carboxylic acids is 1. The SMILES string of the molecule is CCCCCCCCC=CCCCCCCCC(=O)O.[KH].[NaH]. The van der Waals surface area contributed by atoms with E-state index in [4.69, 9.17) is 5.11 Å². The van der Waals surface area contributed by atoms with Gasteiger partial charge in [0.25, 0.3) is 0 Å². The van der Waals surface area contributed by atoms with Crippen molar-refractivity contribution < 1.29 is 9.90 Å². The molecule has 0 aromatic carbocycles. The predicted molar refractivity (Wildman–Crippen MR) is 101 cm³/mol. The topological polar surface area (TPSA) is 37.3 Å². The minimum absolute atomic E-state index is 0. The number of allylic oxidation sites excluding steroid dienone is 2. The zero-order chi connectivity index (χ0) is 14.9. The van der Waals surface area contributed by atoms with Crippen LogP contribution in [0.25, 0.3) is 0 Å². The van der Waals surface area contributed by atoms with Crippen LogP contribution in [0.15, 0.2) is 12.2 Å². The van der Waals surface area contributed by atoms with Gasteiger partial charge in [-0.3, -0.25) is 4.79 Å². The van der Waals surface area contributed by atoms with E-state index in [1.54, 1.807) is 0 Å². The van der Waals surface area contributed by atoms with Crippen molar-refractivity contribution in [1.29, 1.82) is 0 Å². The van der Waals surface area contributed by atoms with E-state index in [1.165, 1.54) is 70.6 Å². The molecule has 0 rings (SSSR count). The molecule has 0 aliphatic rings. The number of rotatable bonds is 15. The molecule has 2 nitrogen and oxygen atoms in total. The Morgan fingerprint density at radius 2 is 1.18 bits per heavy atom. The van der Waals surface area contributed by atoms with Gasteiger partial charge in [0.1, 0.15) is 0 Å². The third kappa shape index (κ3) is 26.7. The van der Waals surface area contributed by atoms with Crippen molar-refractivity contribution in [3.63, 3.8) is 0 Å².